The van der Waals surface area contributed by atoms with Gasteiger partial charge in [-0.05, 0) is 36.6 Å². The van der Waals surface area contributed by atoms with E-state index >= 15 is 0 Å². The molecule has 1 aliphatic rings. The lowest BCUT2D eigenvalue weighted by Gasteiger charge is -2.30. The molecule has 0 spiro atoms. The third-order valence-electron chi connectivity index (χ3n) is 3.98. The Hall–Kier alpha value is -2.55. The molecular weight excluding hydrogens is 349 g/mol. The van der Waals surface area contributed by atoms with Crippen LogP contribution < -0.4 is 15.0 Å². The van der Waals surface area contributed by atoms with Gasteiger partial charge in [-0.15, -0.1) is 13.2 Å². The SMILES string of the molecule is Cc1cc(N2CCc3cc(OC(F)(F)F)ccc3C2)nc(NCCO)n1. The highest BCUT2D eigenvalue weighted by Crippen LogP contribution is 2.29. The molecule has 2 N–H and O–H groups in total. The maximum atomic E-state index is 12.4. The van der Waals surface area contributed by atoms with Crippen molar-refractivity contribution in [3.05, 3.63) is 41.1 Å². The fourth-order valence-corrected chi connectivity index (χ4v) is 2.88. The quantitative estimate of drug-likeness (QED) is 0.846. The summed E-state index contributed by atoms with van der Waals surface area (Å²) in [6, 6.07) is 6.28. The van der Waals surface area contributed by atoms with Gasteiger partial charge in [0.25, 0.3) is 0 Å². The third-order valence-corrected chi connectivity index (χ3v) is 3.98. The number of aliphatic hydroxyl groups excluding tert-OH is 1. The van der Waals surface area contributed by atoms with Crippen molar-refractivity contribution in [1.29, 1.82) is 0 Å². The van der Waals surface area contributed by atoms with E-state index in [4.69, 9.17) is 5.11 Å². The van der Waals surface area contributed by atoms with Crippen LogP contribution in [0.2, 0.25) is 0 Å². The molecule has 0 radical (unpaired) electrons. The summed E-state index contributed by atoms with van der Waals surface area (Å²) in [7, 11) is 0. The molecule has 6 nitrogen and oxygen atoms in total. The van der Waals surface area contributed by atoms with Gasteiger partial charge in [-0.1, -0.05) is 6.07 Å². The standard InChI is InChI=1S/C17H19F3N4O2/c1-11-8-15(23-16(22-11)21-5-7-25)24-6-4-12-9-14(26-17(18,19)20)3-2-13(12)10-24/h2-3,8-9,25H,4-7,10H2,1H3,(H,21,22,23). The molecule has 1 aliphatic heterocycles. The number of rotatable bonds is 5. The van der Waals surface area contributed by atoms with Gasteiger partial charge >= 0.3 is 6.36 Å². The minimum absolute atomic E-state index is 0.0218. The molecule has 1 aromatic heterocycles. The van der Waals surface area contributed by atoms with Crippen molar-refractivity contribution in [3.63, 3.8) is 0 Å². The fourth-order valence-electron chi connectivity index (χ4n) is 2.88. The van der Waals surface area contributed by atoms with Crippen molar-refractivity contribution in [2.75, 3.05) is 29.9 Å². The zero-order valence-electron chi connectivity index (χ0n) is 14.2. The van der Waals surface area contributed by atoms with Crippen LogP contribution in [0.3, 0.4) is 0 Å². The van der Waals surface area contributed by atoms with Gasteiger partial charge in [0.15, 0.2) is 0 Å². The molecule has 0 saturated heterocycles. The lowest BCUT2D eigenvalue weighted by Crippen LogP contribution is -2.31. The zero-order valence-corrected chi connectivity index (χ0v) is 14.2. The Labute approximate surface area is 148 Å². The van der Waals surface area contributed by atoms with E-state index < -0.39 is 6.36 Å². The van der Waals surface area contributed by atoms with Crippen LogP contribution in [0.4, 0.5) is 24.9 Å². The summed E-state index contributed by atoms with van der Waals surface area (Å²) in [5.41, 5.74) is 2.56. The molecule has 0 aliphatic carbocycles. The van der Waals surface area contributed by atoms with Gasteiger partial charge in [-0.2, -0.15) is 4.98 Å². The fraction of sp³-hybridized carbons (Fsp3) is 0.412. The molecule has 0 amide bonds. The predicted octanol–water partition coefficient (Wildman–Crippen LogP) is 2.65. The summed E-state index contributed by atoms with van der Waals surface area (Å²) in [5, 5.41) is 11.8. The molecule has 26 heavy (non-hydrogen) atoms. The van der Waals surface area contributed by atoms with Crippen LogP contribution in [0.5, 0.6) is 5.75 Å². The van der Waals surface area contributed by atoms with Crippen LogP contribution >= 0.6 is 0 Å². The molecule has 9 heteroatoms. The summed E-state index contributed by atoms with van der Waals surface area (Å²) in [6.45, 7) is 3.35. The molecule has 0 fully saturated rings. The van der Waals surface area contributed by atoms with Gasteiger partial charge in [-0.3, -0.25) is 0 Å². The first-order chi connectivity index (χ1) is 12.3. The Kier molecular flexibility index (Phi) is 5.17. The summed E-state index contributed by atoms with van der Waals surface area (Å²) >= 11 is 0. The largest absolute Gasteiger partial charge is 0.573 e. The van der Waals surface area contributed by atoms with E-state index in [1.807, 2.05) is 17.9 Å². The number of aliphatic hydroxyl groups is 1. The summed E-state index contributed by atoms with van der Waals surface area (Å²) in [4.78, 5) is 10.8. The maximum Gasteiger partial charge on any atom is 0.573 e. The lowest BCUT2D eigenvalue weighted by molar-refractivity contribution is -0.274. The first-order valence-electron chi connectivity index (χ1n) is 8.17. The Bertz CT molecular complexity index is 783. The smallest absolute Gasteiger partial charge is 0.406 e. The maximum absolute atomic E-state index is 12.4. The topological polar surface area (TPSA) is 70.5 Å². The zero-order chi connectivity index (χ0) is 18.7. The number of hydrogen-bond acceptors (Lipinski definition) is 6. The molecule has 0 unspecified atom stereocenters. The van der Waals surface area contributed by atoms with Crippen LogP contribution in [-0.4, -0.2) is 41.1 Å². The second-order valence-electron chi connectivity index (χ2n) is 5.99. The molecule has 2 heterocycles. The Balaban J connectivity index is 1.77. The number of ether oxygens (including phenoxy) is 1. The Morgan fingerprint density at radius 2 is 2.04 bits per heavy atom. The highest BCUT2D eigenvalue weighted by atomic mass is 19.4. The van der Waals surface area contributed by atoms with Crippen molar-refractivity contribution in [1.82, 2.24) is 9.97 Å². The number of aromatic nitrogens is 2. The van der Waals surface area contributed by atoms with Gasteiger partial charge in [0.05, 0.1) is 6.61 Å². The summed E-state index contributed by atoms with van der Waals surface area (Å²) < 4.78 is 41.0. The van der Waals surface area contributed by atoms with E-state index in [1.165, 1.54) is 12.1 Å². The summed E-state index contributed by atoms with van der Waals surface area (Å²) in [5.74, 6) is 0.978. The number of aryl methyl sites for hydroxylation is 1. The molecule has 0 saturated carbocycles. The third kappa shape index (κ3) is 4.54. The summed E-state index contributed by atoms with van der Waals surface area (Å²) in [6.07, 6.45) is -4.10. The average Bonchev–Trinajstić information content (AvgIpc) is 2.57. The first kappa shape index (κ1) is 18.2. The minimum Gasteiger partial charge on any atom is -0.406 e. The van der Waals surface area contributed by atoms with Crippen molar-refractivity contribution in [2.45, 2.75) is 26.3 Å². The van der Waals surface area contributed by atoms with Gasteiger partial charge in [-0.25, -0.2) is 4.98 Å². The second-order valence-corrected chi connectivity index (χ2v) is 5.99. The van der Waals surface area contributed by atoms with E-state index in [-0.39, 0.29) is 12.4 Å². The molecular formula is C17H19F3N4O2. The Morgan fingerprint density at radius 3 is 2.77 bits per heavy atom. The van der Waals surface area contributed by atoms with Gasteiger partial charge < -0.3 is 20.1 Å². The minimum atomic E-state index is -4.69. The number of nitrogens with zero attached hydrogens (tertiary/aromatic N) is 3. The van der Waals surface area contributed by atoms with E-state index in [2.05, 4.69) is 20.0 Å². The number of benzene rings is 1. The van der Waals surface area contributed by atoms with Crippen molar-refractivity contribution in [3.8, 4) is 5.75 Å². The molecule has 3 rings (SSSR count). The monoisotopic (exact) mass is 368 g/mol. The number of alkyl halides is 3. The first-order valence-corrected chi connectivity index (χ1v) is 8.17. The average molecular weight is 368 g/mol. The molecule has 0 bridgehead atoms. The van der Waals surface area contributed by atoms with Crippen LogP contribution in [0, 0.1) is 6.92 Å². The van der Waals surface area contributed by atoms with E-state index in [0.29, 0.717) is 32.0 Å². The highest BCUT2D eigenvalue weighted by molar-refractivity contribution is 5.49. The number of hydrogen-bond donors (Lipinski definition) is 2. The van der Waals surface area contributed by atoms with Crippen LogP contribution in [0.1, 0.15) is 16.8 Å². The lowest BCUT2D eigenvalue weighted by atomic mass is 9.99. The van der Waals surface area contributed by atoms with Crippen molar-refractivity contribution < 1.29 is 23.0 Å². The molecule has 140 valence electrons. The number of halogens is 3. The van der Waals surface area contributed by atoms with Crippen LogP contribution in [0.25, 0.3) is 0 Å². The highest BCUT2D eigenvalue weighted by Gasteiger charge is 2.31. The number of nitrogens with one attached hydrogen (secondary N) is 1. The van der Waals surface area contributed by atoms with E-state index in [1.54, 1.807) is 6.07 Å². The second kappa shape index (κ2) is 7.36. The van der Waals surface area contributed by atoms with Gasteiger partial charge in [0.2, 0.25) is 5.95 Å². The Morgan fingerprint density at radius 1 is 1.23 bits per heavy atom. The molecule has 2 aromatic rings. The van der Waals surface area contributed by atoms with Crippen molar-refractivity contribution >= 4 is 11.8 Å². The normalized spacial score (nSPS) is 14.1. The van der Waals surface area contributed by atoms with Crippen LogP contribution in [-0.2, 0) is 13.0 Å². The molecule has 0 atom stereocenters. The number of fused-ring (bicyclic) bond motifs is 1. The molecule has 1 aromatic carbocycles. The predicted molar refractivity (Wildman–Crippen MR) is 90.2 cm³/mol. The van der Waals surface area contributed by atoms with Gasteiger partial charge in [0, 0.05) is 31.4 Å². The van der Waals surface area contributed by atoms with Crippen molar-refractivity contribution in [2.24, 2.45) is 0 Å². The van der Waals surface area contributed by atoms with E-state index in [9.17, 15) is 13.2 Å². The van der Waals surface area contributed by atoms with Crippen LogP contribution in [0.15, 0.2) is 24.3 Å². The number of anilines is 2. The van der Waals surface area contributed by atoms with E-state index in [0.717, 1.165) is 22.6 Å². The van der Waals surface area contributed by atoms with Gasteiger partial charge in [0.1, 0.15) is 11.6 Å².